The summed E-state index contributed by atoms with van der Waals surface area (Å²) in [6, 6.07) is 3.89. The molecule has 6 heteroatoms. The zero-order valence-electron chi connectivity index (χ0n) is 11.8. The number of aliphatic carboxylic acids is 1. The van der Waals surface area contributed by atoms with Gasteiger partial charge in [-0.15, -0.1) is 17.9 Å². The lowest BCUT2D eigenvalue weighted by atomic mass is 10.1. The van der Waals surface area contributed by atoms with Crippen LogP contribution in [0.5, 0.6) is 0 Å². The highest BCUT2D eigenvalue weighted by atomic mass is 32.1. The fourth-order valence-electron chi connectivity index (χ4n) is 1.49. The summed E-state index contributed by atoms with van der Waals surface area (Å²) >= 11 is 1.58. The molecule has 1 amide bonds. The van der Waals surface area contributed by atoms with Gasteiger partial charge in [-0.05, 0) is 25.3 Å². The van der Waals surface area contributed by atoms with Gasteiger partial charge in [-0.2, -0.15) is 0 Å². The molecule has 2 N–H and O–H groups in total. The number of rotatable bonds is 8. The second-order valence-electron chi connectivity index (χ2n) is 4.93. The average molecular weight is 296 g/mol. The molecule has 1 aromatic rings. The Morgan fingerprint density at radius 1 is 1.55 bits per heavy atom. The fraction of sp³-hybridized carbons (Fsp3) is 0.429. The van der Waals surface area contributed by atoms with E-state index in [1.807, 2.05) is 17.5 Å². The summed E-state index contributed by atoms with van der Waals surface area (Å²) in [4.78, 5) is 25.9. The maximum Gasteiger partial charge on any atom is 0.323 e. The van der Waals surface area contributed by atoms with Crippen LogP contribution in [0.2, 0.25) is 0 Å². The van der Waals surface area contributed by atoms with E-state index in [0.717, 1.165) is 4.88 Å². The number of amides is 1. The molecular formula is C14H20N2O3S. The maximum atomic E-state index is 12.2. The van der Waals surface area contributed by atoms with Crippen molar-refractivity contribution in [3.05, 3.63) is 35.0 Å². The molecule has 20 heavy (non-hydrogen) atoms. The monoisotopic (exact) mass is 296 g/mol. The van der Waals surface area contributed by atoms with Crippen LogP contribution in [0.25, 0.3) is 0 Å². The summed E-state index contributed by atoms with van der Waals surface area (Å²) in [6.07, 6.45) is 1.66. The van der Waals surface area contributed by atoms with Crippen LogP contribution < -0.4 is 5.32 Å². The van der Waals surface area contributed by atoms with E-state index in [-0.39, 0.29) is 12.5 Å². The van der Waals surface area contributed by atoms with Gasteiger partial charge in [0.05, 0.1) is 13.1 Å². The first-order valence-electron chi connectivity index (χ1n) is 6.26. The summed E-state index contributed by atoms with van der Waals surface area (Å²) in [7, 11) is 0. The third-order valence-corrected chi connectivity index (χ3v) is 3.71. The van der Waals surface area contributed by atoms with Gasteiger partial charge in [-0.3, -0.25) is 14.9 Å². The Hall–Kier alpha value is -1.66. The van der Waals surface area contributed by atoms with Crippen LogP contribution in [0.4, 0.5) is 0 Å². The zero-order chi connectivity index (χ0) is 15.2. The number of carbonyl (C=O) groups is 2. The van der Waals surface area contributed by atoms with E-state index in [9.17, 15) is 9.59 Å². The first-order valence-corrected chi connectivity index (χ1v) is 7.14. The summed E-state index contributed by atoms with van der Waals surface area (Å²) in [5.41, 5.74) is -1.13. The number of carbonyl (C=O) groups excluding carboxylic acids is 1. The van der Waals surface area contributed by atoms with Gasteiger partial charge in [-0.1, -0.05) is 12.1 Å². The lowest BCUT2D eigenvalue weighted by Crippen LogP contribution is -2.51. The normalized spacial score (nSPS) is 11.1. The van der Waals surface area contributed by atoms with E-state index in [2.05, 4.69) is 11.9 Å². The van der Waals surface area contributed by atoms with Crippen LogP contribution in [0.15, 0.2) is 30.2 Å². The average Bonchev–Trinajstić information content (AvgIpc) is 2.88. The van der Waals surface area contributed by atoms with Crippen LogP contribution in [0.1, 0.15) is 18.7 Å². The number of carboxylic acid groups (broad SMARTS) is 1. The van der Waals surface area contributed by atoms with E-state index in [4.69, 9.17) is 5.11 Å². The highest BCUT2D eigenvalue weighted by Gasteiger charge is 2.27. The van der Waals surface area contributed by atoms with Gasteiger partial charge in [0.2, 0.25) is 5.91 Å². The molecule has 0 aliphatic heterocycles. The smallest absolute Gasteiger partial charge is 0.323 e. The minimum absolute atomic E-state index is 0.0154. The van der Waals surface area contributed by atoms with E-state index in [0.29, 0.717) is 13.1 Å². The Bertz CT molecular complexity index is 469. The van der Waals surface area contributed by atoms with Crippen LogP contribution in [-0.2, 0) is 16.1 Å². The molecule has 0 aromatic carbocycles. The Morgan fingerprint density at radius 2 is 2.25 bits per heavy atom. The van der Waals surface area contributed by atoms with Gasteiger partial charge in [0, 0.05) is 11.4 Å². The third kappa shape index (κ3) is 4.79. The van der Waals surface area contributed by atoms with E-state index < -0.39 is 11.5 Å². The summed E-state index contributed by atoms with van der Waals surface area (Å²) in [5, 5.41) is 13.7. The summed E-state index contributed by atoms with van der Waals surface area (Å²) < 4.78 is 0. The molecule has 0 bridgehead atoms. The number of nitrogens with zero attached hydrogens (tertiary/aromatic N) is 1. The number of thiophene rings is 1. The molecule has 1 heterocycles. The van der Waals surface area contributed by atoms with Gasteiger partial charge in [0.15, 0.2) is 0 Å². The Morgan fingerprint density at radius 3 is 2.75 bits per heavy atom. The molecule has 0 aliphatic rings. The van der Waals surface area contributed by atoms with Crippen LogP contribution in [-0.4, -0.2) is 40.5 Å². The number of hydrogen-bond acceptors (Lipinski definition) is 4. The topological polar surface area (TPSA) is 69.6 Å². The Kier molecular flexibility index (Phi) is 5.91. The predicted molar refractivity (Wildman–Crippen MR) is 79.7 cm³/mol. The van der Waals surface area contributed by atoms with E-state index >= 15 is 0 Å². The molecule has 0 fully saturated rings. The molecule has 1 rings (SSSR count). The first-order chi connectivity index (χ1) is 9.36. The highest BCUT2D eigenvalue weighted by Crippen LogP contribution is 2.12. The largest absolute Gasteiger partial charge is 0.480 e. The maximum absolute atomic E-state index is 12.2. The summed E-state index contributed by atoms with van der Waals surface area (Å²) in [6.45, 7) is 7.63. The lowest BCUT2D eigenvalue weighted by molar-refractivity contribution is -0.143. The van der Waals surface area contributed by atoms with Crippen LogP contribution in [0.3, 0.4) is 0 Å². The third-order valence-electron chi connectivity index (χ3n) is 2.85. The molecule has 0 radical (unpaired) electrons. The second-order valence-corrected chi connectivity index (χ2v) is 5.96. The fourth-order valence-corrected chi connectivity index (χ4v) is 2.20. The van der Waals surface area contributed by atoms with Gasteiger partial charge >= 0.3 is 5.97 Å². The van der Waals surface area contributed by atoms with Gasteiger partial charge < -0.3 is 10.0 Å². The molecule has 110 valence electrons. The zero-order valence-corrected chi connectivity index (χ0v) is 12.6. The van der Waals surface area contributed by atoms with Gasteiger partial charge in [0.1, 0.15) is 5.54 Å². The molecule has 0 aliphatic carbocycles. The highest BCUT2D eigenvalue weighted by molar-refractivity contribution is 7.09. The van der Waals surface area contributed by atoms with Crippen molar-refractivity contribution < 1.29 is 14.7 Å². The van der Waals surface area contributed by atoms with Gasteiger partial charge in [-0.25, -0.2) is 0 Å². The van der Waals surface area contributed by atoms with Crippen molar-refractivity contribution in [2.75, 3.05) is 13.1 Å². The molecule has 0 spiro atoms. The molecule has 0 saturated carbocycles. The minimum Gasteiger partial charge on any atom is -0.480 e. The summed E-state index contributed by atoms with van der Waals surface area (Å²) in [5.74, 6) is -1.13. The number of carboxylic acids is 1. The van der Waals surface area contributed by atoms with Crippen molar-refractivity contribution in [1.82, 2.24) is 10.2 Å². The van der Waals surface area contributed by atoms with Crippen LogP contribution in [0, 0.1) is 0 Å². The lowest BCUT2D eigenvalue weighted by Gasteiger charge is -2.25. The number of hydrogen-bond donors (Lipinski definition) is 2. The molecule has 0 atom stereocenters. The predicted octanol–water partition coefficient (Wildman–Crippen LogP) is 1.72. The standard InChI is InChI=1S/C14H20N2O3S/c1-4-7-16(10-11-6-5-8-20-11)12(17)9-15-14(2,3)13(18)19/h4-6,8,15H,1,7,9-10H2,2-3H3,(H,18,19). The van der Waals surface area contributed by atoms with E-state index in [1.54, 1.807) is 22.3 Å². The molecule has 1 aromatic heterocycles. The molecule has 0 unspecified atom stereocenters. The van der Waals surface area contributed by atoms with Crippen molar-refractivity contribution in [1.29, 1.82) is 0 Å². The molecule has 5 nitrogen and oxygen atoms in total. The van der Waals surface area contributed by atoms with E-state index in [1.165, 1.54) is 13.8 Å². The Balaban J connectivity index is 2.60. The quantitative estimate of drug-likeness (QED) is 0.717. The van der Waals surface area contributed by atoms with Crippen molar-refractivity contribution in [2.45, 2.75) is 25.9 Å². The SMILES string of the molecule is C=CCN(Cc1cccs1)C(=O)CNC(C)(C)C(=O)O. The molecular weight excluding hydrogens is 276 g/mol. The second kappa shape index (κ2) is 7.21. The van der Waals surface area contributed by atoms with Crippen molar-refractivity contribution in [2.24, 2.45) is 0 Å². The van der Waals surface area contributed by atoms with Gasteiger partial charge in [0.25, 0.3) is 0 Å². The molecule has 0 saturated heterocycles. The van der Waals surface area contributed by atoms with Crippen molar-refractivity contribution in [3.63, 3.8) is 0 Å². The first kappa shape index (κ1) is 16.4. The minimum atomic E-state index is -1.13. The van der Waals surface area contributed by atoms with Crippen molar-refractivity contribution in [3.8, 4) is 0 Å². The van der Waals surface area contributed by atoms with Crippen molar-refractivity contribution >= 4 is 23.2 Å². The number of nitrogens with one attached hydrogen (secondary N) is 1. The Labute approximate surface area is 122 Å². The van der Waals surface area contributed by atoms with Crippen LogP contribution >= 0.6 is 11.3 Å².